The average molecular weight is 305 g/mol. The van der Waals surface area contributed by atoms with Crippen LogP contribution in [0.3, 0.4) is 0 Å². The number of carbonyl (C=O) groups excluding carboxylic acids is 1. The van der Waals surface area contributed by atoms with E-state index in [2.05, 4.69) is 22.6 Å². The molecule has 1 aromatic carbocycles. The molecule has 0 saturated heterocycles. The van der Waals surface area contributed by atoms with Gasteiger partial charge in [0.2, 0.25) is 0 Å². The number of hydrogen-bond acceptors (Lipinski definition) is 2. The van der Waals surface area contributed by atoms with Gasteiger partial charge < -0.3 is 10.5 Å². The molecule has 0 unspecified atom stereocenters. The summed E-state index contributed by atoms with van der Waals surface area (Å²) < 4.78 is 6.47. The molecular formula is C10H12INO2. The van der Waals surface area contributed by atoms with Crippen LogP contribution in [-0.2, 0) is 4.79 Å². The van der Waals surface area contributed by atoms with E-state index in [1.165, 1.54) is 0 Å². The Morgan fingerprint density at radius 3 is 2.50 bits per heavy atom. The van der Waals surface area contributed by atoms with E-state index >= 15 is 0 Å². The third-order valence-electron chi connectivity index (χ3n) is 1.80. The van der Waals surface area contributed by atoms with Crippen molar-refractivity contribution in [3.63, 3.8) is 0 Å². The van der Waals surface area contributed by atoms with Crippen LogP contribution in [0.15, 0.2) is 24.3 Å². The number of halogens is 1. The molecular weight excluding hydrogens is 293 g/mol. The van der Waals surface area contributed by atoms with Crippen LogP contribution in [0.4, 0.5) is 0 Å². The molecule has 0 heterocycles. The monoisotopic (exact) mass is 305 g/mol. The van der Waals surface area contributed by atoms with Gasteiger partial charge in [-0.05, 0) is 48.6 Å². The Morgan fingerprint density at radius 1 is 1.43 bits per heavy atom. The minimum absolute atomic E-state index is 0.475. The van der Waals surface area contributed by atoms with Crippen LogP contribution in [0.25, 0.3) is 0 Å². The first-order valence-electron chi connectivity index (χ1n) is 4.17. The van der Waals surface area contributed by atoms with Crippen molar-refractivity contribution in [2.75, 3.05) is 0 Å². The van der Waals surface area contributed by atoms with Crippen LogP contribution in [0.2, 0.25) is 0 Å². The summed E-state index contributed by atoms with van der Waals surface area (Å²) in [6, 6.07) is 7.49. The lowest BCUT2D eigenvalue weighted by Crippen LogP contribution is -2.43. The Balaban J connectivity index is 2.89. The maximum atomic E-state index is 11.0. The highest BCUT2D eigenvalue weighted by Gasteiger charge is 2.27. The van der Waals surface area contributed by atoms with E-state index in [-0.39, 0.29) is 0 Å². The standard InChI is InChI=1S/C10H12INO2/c1-10(2,9(12)13)14-8-6-4-3-5-7(8)11/h3-6H,1-2H3,(H2,12,13). The fraction of sp³-hybridized carbons (Fsp3) is 0.300. The summed E-state index contributed by atoms with van der Waals surface area (Å²) in [5, 5.41) is 0. The van der Waals surface area contributed by atoms with Crippen LogP contribution in [0, 0.1) is 3.57 Å². The Morgan fingerprint density at radius 2 is 2.00 bits per heavy atom. The van der Waals surface area contributed by atoms with Gasteiger partial charge in [-0.1, -0.05) is 12.1 Å². The summed E-state index contributed by atoms with van der Waals surface area (Å²) >= 11 is 2.15. The van der Waals surface area contributed by atoms with Crippen molar-refractivity contribution in [1.29, 1.82) is 0 Å². The van der Waals surface area contributed by atoms with Crippen LogP contribution < -0.4 is 10.5 Å². The van der Waals surface area contributed by atoms with Gasteiger partial charge in [-0.2, -0.15) is 0 Å². The molecule has 1 rings (SSSR count). The van der Waals surface area contributed by atoms with E-state index in [0.717, 1.165) is 3.57 Å². The lowest BCUT2D eigenvalue weighted by Gasteiger charge is -2.23. The molecule has 14 heavy (non-hydrogen) atoms. The number of hydrogen-bond donors (Lipinski definition) is 1. The van der Waals surface area contributed by atoms with Gasteiger partial charge >= 0.3 is 0 Å². The Bertz CT molecular complexity index is 350. The zero-order chi connectivity index (χ0) is 10.8. The second-order valence-corrected chi connectivity index (χ2v) is 4.57. The van der Waals surface area contributed by atoms with Gasteiger partial charge in [-0.15, -0.1) is 0 Å². The van der Waals surface area contributed by atoms with Gasteiger partial charge in [0, 0.05) is 0 Å². The molecule has 0 atom stereocenters. The van der Waals surface area contributed by atoms with Crippen molar-refractivity contribution >= 4 is 28.5 Å². The van der Waals surface area contributed by atoms with E-state index < -0.39 is 11.5 Å². The highest BCUT2D eigenvalue weighted by Crippen LogP contribution is 2.24. The number of rotatable bonds is 3. The van der Waals surface area contributed by atoms with Gasteiger partial charge in [-0.3, -0.25) is 4.79 Å². The number of para-hydroxylation sites is 1. The van der Waals surface area contributed by atoms with E-state index in [0.29, 0.717) is 5.75 Å². The van der Waals surface area contributed by atoms with E-state index in [9.17, 15) is 4.79 Å². The number of amides is 1. The summed E-state index contributed by atoms with van der Waals surface area (Å²) in [5.41, 5.74) is 4.23. The molecule has 0 aliphatic rings. The Hall–Kier alpha value is -0.780. The lowest BCUT2D eigenvalue weighted by molar-refractivity contribution is -0.130. The first kappa shape index (κ1) is 11.3. The fourth-order valence-electron chi connectivity index (χ4n) is 0.853. The van der Waals surface area contributed by atoms with Gasteiger partial charge in [0.25, 0.3) is 5.91 Å². The number of carbonyl (C=O) groups is 1. The molecule has 4 heteroatoms. The van der Waals surface area contributed by atoms with Crippen molar-refractivity contribution in [2.24, 2.45) is 5.73 Å². The lowest BCUT2D eigenvalue weighted by atomic mass is 10.1. The number of benzene rings is 1. The molecule has 0 spiro atoms. The van der Waals surface area contributed by atoms with Gasteiger partial charge in [0.15, 0.2) is 5.60 Å². The smallest absolute Gasteiger partial charge is 0.261 e. The number of primary amides is 1. The molecule has 0 saturated carbocycles. The van der Waals surface area contributed by atoms with E-state index in [1.54, 1.807) is 13.8 Å². The maximum Gasteiger partial charge on any atom is 0.261 e. The predicted octanol–water partition coefficient (Wildman–Crippen LogP) is 1.93. The summed E-state index contributed by atoms with van der Waals surface area (Å²) in [6.07, 6.45) is 0. The average Bonchev–Trinajstić information content (AvgIpc) is 2.08. The van der Waals surface area contributed by atoms with Crippen molar-refractivity contribution in [3.05, 3.63) is 27.8 Å². The second-order valence-electron chi connectivity index (χ2n) is 3.41. The van der Waals surface area contributed by atoms with Crippen LogP contribution in [0.1, 0.15) is 13.8 Å². The second kappa shape index (κ2) is 4.16. The van der Waals surface area contributed by atoms with Crippen molar-refractivity contribution in [1.82, 2.24) is 0 Å². The summed E-state index contributed by atoms with van der Waals surface area (Å²) in [5.74, 6) is 0.203. The maximum absolute atomic E-state index is 11.0. The minimum Gasteiger partial charge on any atom is -0.477 e. The molecule has 2 N–H and O–H groups in total. The Labute approximate surface area is 96.8 Å². The highest BCUT2D eigenvalue weighted by molar-refractivity contribution is 14.1. The predicted molar refractivity (Wildman–Crippen MR) is 63.1 cm³/mol. The summed E-state index contributed by atoms with van der Waals surface area (Å²) in [4.78, 5) is 11.0. The molecule has 0 aliphatic carbocycles. The third-order valence-corrected chi connectivity index (χ3v) is 2.69. The molecule has 0 bridgehead atoms. The molecule has 0 fully saturated rings. The normalized spacial score (nSPS) is 11.1. The SMILES string of the molecule is CC(C)(Oc1ccccc1I)C(N)=O. The summed E-state index contributed by atoms with van der Waals surface area (Å²) in [7, 11) is 0. The minimum atomic E-state index is -0.971. The largest absolute Gasteiger partial charge is 0.477 e. The first-order valence-corrected chi connectivity index (χ1v) is 5.25. The van der Waals surface area contributed by atoms with Crippen LogP contribution >= 0.6 is 22.6 Å². The quantitative estimate of drug-likeness (QED) is 0.868. The Kier molecular flexibility index (Phi) is 3.36. The fourth-order valence-corrected chi connectivity index (χ4v) is 1.35. The summed E-state index contributed by atoms with van der Waals surface area (Å²) in [6.45, 7) is 3.30. The van der Waals surface area contributed by atoms with E-state index in [4.69, 9.17) is 10.5 Å². The zero-order valence-corrected chi connectivity index (χ0v) is 10.2. The van der Waals surface area contributed by atoms with Crippen LogP contribution in [-0.4, -0.2) is 11.5 Å². The number of nitrogens with two attached hydrogens (primary N) is 1. The topological polar surface area (TPSA) is 52.3 Å². The highest BCUT2D eigenvalue weighted by atomic mass is 127. The van der Waals surface area contributed by atoms with Crippen LogP contribution in [0.5, 0.6) is 5.75 Å². The molecule has 3 nitrogen and oxygen atoms in total. The molecule has 1 amide bonds. The third kappa shape index (κ3) is 2.60. The van der Waals surface area contributed by atoms with Gasteiger partial charge in [-0.25, -0.2) is 0 Å². The zero-order valence-electron chi connectivity index (χ0n) is 8.08. The van der Waals surface area contributed by atoms with Gasteiger partial charge in [0.05, 0.1) is 3.57 Å². The molecule has 76 valence electrons. The molecule has 1 aromatic rings. The number of ether oxygens (including phenoxy) is 1. The van der Waals surface area contributed by atoms with Crippen molar-refractivity contribution < 1.29 is 9.53 Å². The first-order chi connectivity index (χ1) is 6.43. The van der Waals surface area contributed by atoms with Gasteiger partial charge in [0.1, 0.15) is 5.75 Å². The van der Waals surface area contributed by atoms with Crippen molar-refractivity contribution in [3.8, 4) is 5.75 Å². The van der Waals surface area contributed by atoms with Crippen molar-refractivity contribution in [2.45, 2.75) is 19.4 Å². The molecule has 0 aliphatic heterocycles. The molecule has 0 radical (unpaired) electrons. The van der Waals surface area contributed by atoms with E-state index in [1.807, 2.05) is 24.3 Å². The molecule has 0 aromatic heterocycles.